The van der Waals surface area contributed by atoms with Crippen LogP contribution < -0.4 is 0 Å². The molecule has 2 aliphatic heterocycles. The molecule has 0 saturated carbocycles. The van der Waals surface area contributed by atoms with Gasteiger partial charge < -0.3 is 14.9 Å². The summed E-state index contributed by atoms with van der Waals surface area (Å²) in [5.41, 5.74) is 1.63. The molecule has 0 aliphatic carbocycles. The molecule has 3 heterocycles. The summed E-state index contributed by atoms with van der Waals surface area (Å²) in [6.07, 6.45) is 5.33. The molecule has 0 bridgehead atoms. The second-order valence-corrected chi connectivity index (χ2v) is 11.0. The summed E-state index contributed by atoms with van der Waals surface area (Å²) in [4.78, 5) is 20.6. The molecule has 5 nitrogen and oxygen atoms in total. The number of carbonyl (C=O) groups is 1. The van der Waals surface area contributed by atoms with Gasteiger partial charge in [-0.05, 0) is 49.9 Å². The van der Waals surface area contributed by atoms with Gasteiger partial charge in [0.05, 0.1) is 0 Å². The molecule has 1 amide bonds. The second-order valence-electron chi connectivity index (χ2n) is 11.0. The number of hydrogen-bond acceptors (Lipinski definition) is 4. The molecule has 0 spiro atoms. The third-order valence-corrected chi connectivity index (χ3v) is 7.76. The molecular formula is C29H37N3O2. The monoisotopic (exact) mass is 459 g/mol. The number of nitrogens with zero attached hydrogens (tertiary/aromatic N) is 3. The number of likely N-dealkylation sites (tertiary alicyclic amines) is 2. The highest BCUT2D eigenvalue weighted by molar-refractivity contribution is 5.75. The molecule has 2 aromatic rings. The van der Waals surface area contributed by atoms with Gasteiger partial charge >= 0.3 is 0 Å². The van der Waals surface area contributed by atoms with Gasteiger partial charge in [0.25, 0.3) is 0 Å². The van der Waals surface area contributed by atoms with Gasteiger partial charge in [-0.1, -0.05) is 56.9 Å². The average molecular weight is 460 g/mol. The lowest BCUT2D eigenvalue weighted by Crippen LogP contribution is -2.63. The summed E-state index contributed by atoms with van der Waals surface area (Å²) in [6.45, 7) is 12.5. The van der Waals surface area contributed by atoms with Gasteiger partial charge in [0.1, 0.15) is 11.1 Å². The summed E-state index contributed by atoms with van der Waals surface area (Å²) in [5.74, 6) is 7.10. The van der Waals surface area contributed by atoms with Crippen molar-refractivity contribution < 1.29 is 9.90 Å². The van der Waals surface area contributed by atoms with Crippen LogP contribution in [0.4, 0.5) is 0 Å². The van der Waals surface area contributed by atoms with E-state index >= 15 is 0 Å². The van der Waals surface area contributed by atoms with Crippen molar-refractivity contribution in [3.8, 4) is 11.8 Å². The largest absolute Gasteiger partial charge is 0.380 e. The normalized spacial score (nSPS) is 23.7. The number of benzene rings is 1. The first-order valence-electron chi connectivity index (χ1n) is 12.3. The van der Waals surface area contributed by atoms with E-state index in [1.165, 1.54) is 5.56 Å². The molecule has 2 atom stereocenters. The first kappa shape index (κ1) is 24.4. The number of rotatable bonds is 4. The Balaban J connectivity index is 1.75. The second kappa shape index (κ2) is 8.83. The Morgan fingerprint density at radius 2 is 1.82 bits per heavy atom. The van der Waals surface area contributed by atoms with Gasteiger partial charge in [-0.2, -0.15) is 0 Å². The molecular weight excluding hydrogens is 422 g/mol. The first-order chi connectivity index (χ1) is 16.0. The molecule has 0 radical (unpaired) electrons. The van der Waals surface area contributed by atoms with E-state index < -0.39 is 11.1 Å². The fourth-order valence-electron chi connectivity index (χ4n) is 5.86. The lowest BCUT2D eigenvalue weighted by atomic mass is 9.62. The zero-order chi connectivity index (χ0) is 24.7. The van der Waals surface area contributed by atoms with E-state index in [0.717, 1.165) is 49.2 Å². The SMILES string of the molecule is CC(=O)N1CCCC1(C)C#Cc1cncc(C(O)(c2ccc(C(C)C)cc2)C2(C)CN(C)C2)c1. The van der Waals surface area contributed by atoms with Crippen molar-refractivity contribution in [2.24, 2.45) is 5.41 Å². The zero-order valence-corrected chi connectivity index (χ0v) is 21.4. The highest BCUT2D eigenvalue weighted by Crippen LogP contribution is 2.50. The van der Waals surface area contributed by atoms with E-state index in [1.807, 2.05) is 17.9 Å². The topological polar surface area (TPSA) is 56.7 Å². The van der Waals surface area contributed by atoms with Crippen LogP contribution in [0, 0.1) is 17.3 Å². The maximum atomic E-state index is 12.4. The van der Waals surface area contributed by atoms with Crippen molar-refractivity contribution in [3.05, 3.63) is 65.0 Å². The molecule has 1 N–H and O–H groups in total. The van der Waals surface area contributed by atoms with Crippen LogP contribution in [0.2, 0.25) is 0 Å². The number of aromatic nitrogens is 1. The van der Waals surface area contributed by atoms with E-state index in [0.29, 0.717) is 5.92 Å². The summed E-state index contributed by atoms with van der Waals surface area (Å²) in [7, 11) is 2.08. The molecule has 1 aromatic carbocycles. The van der Waals surface area contributed by atoms with E-state index in [4.69, 9.17) is 0 Å². The van der Waals surface area contributed by atoms with Gasteiger partial charge in [0.15, 0.2) is 0 Å². The van der Waals surface area contributed by atoms with Crippen LogP contribution in [0.3, 0.4) is 0 Å². The number of hydrogen-bond donors (Lipinski definition) is 1. The standard InChI is InChI=1S/C29H37N3O2/c1-21(2)24-8-10-25(11-9-24)29(34,27(4)19-31(6)20-27)26-16-23(17-30-18-26)12-14-28(5)13-7-15-32(28)22(3)33/h8-11,16-18,21,34H,7,13,15,19-20H2,1-6H3. The van der Waals surface area contributed by atoms with Crippen LogP contribution in [0.15, 0.2) is 42.7 Å². The number of carbonyl (C=O) groups excluding carboxylic acids is 1. The van der Waals surface area contributed by atoms with Crippen molar-refractivity contribution >= 4 is 5.91 Å². The lowest BCUT2D eigenvalue weighted by molar-refractivity contribution is -0.130. The molecule has 34 heavy (non-hydrogen) atoms. The highest BCUT2D eigenvalue weighted by atomic mass is 16.3. The number of pyridine rings is 1. The number of aliphatic hydroxyl groups is 1. The fourth-order valence-corrected chi connectivity index (χ4v) is 5.86. The Bertz CT molecular complexity index is 1120. The van der Waals surface area contributed by atoms with Crippen LogP contribution >= 0.6 is 0 Å². The van der Waals surface area contributed by atoms with Gasteiger partial charge in [-0.3, -0.25) is 9.78 Å². The Labute approximate surface area is 204 Å². The van der Waals surface area contributed by atoms with Crippen LogP contribution in [-0.2, 0) is 10.4 Å². The quantitative estimate of drug-likeness (QED) is 0.698. The van der Waals surface area contributed by atoms with Crippen molar-refractivity contribution in [2.75, 3.05) is 26.7 Å². The molecule has 4 rings (SSSR count). The van der Waals surface area contributed by atoms with Crippen LogP contribution in [-0.4, -0.2) is 58.0 Å². The molecule has 1 aromatic heterocycles. The van der Waals surface area contributed by atoms with Gasteiger partial charge in [0.2, 0.25) is 5.91 Å². The number of amides is 1. The lowest BCUT2D eigenvalue weighted by Gasteiger charge is -2.55. The average Bonchev–Trinajstić information content (AvgIpc) is 3.18. The van der Waals surface area contributed by atoms with E-state index in [2.05, 4.69) is 73.8 Å². The predicted molar refractivity (Wildman–Crippen MR) is 135 cm³/mol. The Hall–Kier alpha value is -2.68. The van der Waals surface area contributed by atoms with Crippen LogP contribution in [0.25, 0.3) is 0 Å². The van der Waals surface area contributed by atoms with E-state index in [1.54, 1.807) is 19.3 Å². The Morgan fingerprint density at radius 1 is 1.15 bits per heavy atom. The molecule has 5 heteroatoms. The minimum atomic E-state index is -1.19. The molecule has 2 aliphatic rings. The maximum Gasteiger partial charge on any atom is 0.220 e. The first-order valence-corrected chi connectivity index (χ1v) is 12.3. The minimum Gasteiger partial charge on any atom is -0.380 e. The molecule has 2 unspecified atom stereocenters. The van der Waals surface area contributed by atoms with Crippen molar-refractivity contribution in [1.29, 1.82) is 0 Å². The van der Waals surface area contributed by atoms with Crippen LogP contribution in [0.1, 0.15) is 75.6 Å². The maximum absolute atomic E-state index is 12.4. The summed E-state index contributed by atoms with van der Waals surface area (Å²) < 4.78 is 0. The minimum absolute atomic E-state index is 0.0578. The van der Waals surface area contributed by atoms with Crippen LogP contribution in [0.5, 0.6) is 0 Å². The summed E-state index contributed by atoms with van der Waals surface area (Å²) in [6, 6.07) is 10.3. The van der Waals surface area contributed by atoms with Gasteiger partial charge in [0, 0.05) is 55.5 Å². The Kier molecular flexibility index (Phi) is 6.35. The molecule has 180 valence electrons. The van der Waals surface area contributed by atoms with Crippen molar-refractivity contribution in [2.45, 2.75) is 64.5 Å². The smallest absolute Gasteiger partial charge is 0.220 e. The third kappa shape index (κ3) is 4.15. The fraction of sp³-hybridized carbons (Fsp3) is 0.517. The summed E-state index contributed by atoms with van der Waals surface area (Å²) >= 11 is 0. The third-order valence-electron chi connectivity index (χ3n) is 7.76. The summed E-state index contributed by atoms with van der Waals surface area (Å²) in [5, 5.41) is 12.4. The molecule has 2 fully saturated rings. The van der Waals surface area contributed by atoms with E-state index in [9.17, 15) is 9.90 Å². The van der Waals surface area contributed by atoms with Crippen molar-refractivity contribution in [1.82, 2.24) is 14.8 Å². The molecule has 2 saturated heterocycles. The highest BCUT2D eigenvalue weighted by Gasteiger charge is 2.55. The van der Waals surface area contributed by atoms with E-state index in [-0.39, 0.29) is 11.3 Å². The zero-order valence-electron chi connectivity index (χ0n) is 21.4. The van der Waals surface area contributed by atoms with Gasteiger partial charge in [-0.15, -0.1) is 0 Å². The van der Waals surface area contributed by atoms with Gasteiger partial charge in [-0.25, -0.2) is 0 Å². The Morgan fingerprint density at radius 3 is 2.41 bits per heavy atom. The van der Waals surface area contributed by atoms with Crippen molar-refractivity contribution in [3.63, 3.8) is 0 Å². The predicted octanol–water partition coefficient (Wildman–Crippen LogP) is 4.15.